The Bertz CT molecular complexity index is 635. The Kier molecular flexibility index (Phi) is 3.02. The van der Waals surface area contributed by atoms with Crippen LogP contribution in [0.4, 0.5) is 5.82 Å². The number of nitrogen functional groups attached to an aromatic ring is 1. The van der Waals surface area contributed by atoms with Crippen molar-refractivity contribution in [1.29, 1.82) is 0 Å². The summed E-state index contributed by atoms with van der Waals surface area (Å²) in [6.45, 7) is 0.399. The van der Waals surface area contributed by atoms with Crippen molar-refractivity contribution >= 4 is 17.5 Å². The summed E-state index contributed by atoms with van der Waals surface area (Å²) in [5.74, 6) is 1.66. The molecule has 0 amide bonds. The van der Waals surface area contributed by atoms with Crippen LogP contribution in [0, 0.1) is 0 Å². The molecule has 7 heteroatoms. The lowest BCUT2D eigenvalue weighted by Gasteiger charge is -2.13. The summed E-state index contributed by atoms with van der Waals surface area (Å²) in [6.07, 6.45) is 9.78. The highest BCUT2D eigenvalue weighted by Gasteiger charge is 2.25. The number of imidazole rings is 1. The second-order valence-electron chi connectivity index (χ2n) is 4.80. The fourth-order valence-electron chi connectivity index (χ4n) is 2.22. The standard InChI is InChI=1S/C13H17N7/c1-20-7-17-11(13(20)15)12(14)16-6-10-18-8-4-2-3-5-9(8)19-10/h2-5,7-9H,6,15H2,1H3,(H2,14,16)(H,18,19). The van der Waals surface area contributed by atoms with E-state index in [0.29, 0.717) is 23.9 Å². The van der Waals surface area contributed by atoms with Gasteiger partial charge in [0.15, 0.2) is 0 Å². The number of amidine groups is 2. The van der Waals surface area contributed by atoms with Crippen molar-refractivity contribution < 1.29 is 0 Å². The van der Waals surface area contributed by atoms with E-state index in [2.05, 4.69) is 32.4 Å². The minimum absolute atomic E-state index is 0.159. The van der Waals surface area contributed by atoms with Crippen molar-refractivity contribution in [2.24, 2.45) is 22.8 Å². The molecule has 104 valence electrons. The first-order chi connectivity index (χ1) is 9.65. The van der Waals surface area contributed by atoms with Crippen molar-refractivity contribution in [2.45, 2.75) is 12.1 Å². The Balaban J connectivity index is 1.70. The first-order valence-electron chi connectivity index (χ1n) is 6.40. The number of aliphatic imine (C=N–C) groups is 2. The fourth-order valence-corrected chi connectivity index (χ4v) is 2.22. The zero-order valence-electron chi connectivity index (χ0n) is 11.2. The minimum atomic E-state index is 0.159. The third kappa shape index (κ3) is 2.18. The molecule has 2 atom stereocenters. The summed E-state index contributed by atoms with van der Waals surface area (Å²) < 4.78 is 1.70. The molecular formula is C13H17N7. The Morgan fingerprint density at radius 2 is 2.25 bits per heavy atom. The molecule has 1 aromatic rings. The summed E-state index contributed by atoms with van der Waals surface area (Å²) in [5, 5.41) is 3.31. The molecule has 2 aliphatic rings. The molecule has 0 radical (unpaired) electrons. The maximum absolute atomic E-state index is 5.92. The molecule has 0 spiro atoms. The topological polar surface area (TPSA) is 107 Å². The number of rotatable bonds is 3. The van der Waals surface area contributed by atoms with E-state index in [1.807, 2.05) is 19.2 Å². The van der Waals surface area contributed by atoms with Crippen LogP contribution in [-0.4, -0.2) is 39.9 Å². The van der Waals surface area contributed by atoms with Crippen LogP contribution in [0.25, 0.3) is 0 Å². The maximum Gasteiger partial charge on any atom is 0.148 e. The smallest absolute Gasteiger partial charge is 0.148 e. The summed E-state index contributed by atoms with van der Waals surface area (Å²) in [4.78, 5) is 13.0. The van der Waals surface area contributed by atoms with Crippen LogP contribution in [0.3, 0.4) is 0 Å². The molecule has 7 nitrogen and oxygen atoms in total. The number of nitrogens with zero attached hydrogens (tertiary/aromatic N) is 4. The molecule has 1 aliphatic heterocycles. The van der Waals surface area contributed by atoms with Gasteiger partial charge in [0.2, 0.25) is 0 Å². The highest BCUT2D eigenvalue weighted by Crippen LogP contribution is 2.14. The van der Waals surface area contributed by atoms with Gasteiger partial charge in [-0.3, -0.25) is 9.98 Å². The highest BCUT2D eigenvalue weighted by atomic mass is 15.2. The van der Waals surface area contributed by atoms with Crippen LogP contribution in [-0.2, 0) is 7.05 Å². The Hall–Kier alpha value is -2.57. The van der Waals surface area contributed by atoms with Gasteiger partial charge in [-0.25, -0.2) is 4.98 Å². The van der Waals surface area contributed by atoms with Crippen molar-refractivity contribution in [3.8, 4) is 0 Å². The average Bonchev–Trinajstić information content (AvgIpc) is 3.00. The number of hydrogen-bond donors (Lipinski definition) is 3. The van der Waals surface area contributed by atoms with Crippen LogP contribution in [0.2, 0.25) is 0 Å². The summed E-state index contributed by atoms with van der Waals surface area (Å²) in [5.41, 5.74) is 12.3. The van der Waals surface area contributed by atoms with E-state index in [1.165, 1.54) is 0 Å². The predicted octanol–water partition coefficient (Wildman–Crippen LogP) is -0.427. The van der Waals surface area contributed by atoms with Crippen molar-refractivity contribution in [3.05, 3.63) is 36.3 Å². The molecule has 5 N–H and O–H groups in total. The van der Waals surface area contributed by atoms with E-state index in [9.17, 15) is 0 Å². The zero-order valence-corrected chi connectivity index (χ0v) is 11.2. The number of aromatic nitrogens is 2. The molecule has 1 aromatic heterocycles. The second-order valence-corrected chi connectivity index (χ2v) is 4.80. The molecule has 0 saturated heterocycles. The number of hydrogen-bond acceptors (Lipinski definition) is 5. The van der Waals surface area contributed by atoms with E-state index in [-0.39, 0.29) is 12.1 Å². The van der Waals surface area contributed by atoms with Gasteiger partial charge in [-0.15, -0.1) is 0 Å². The lowest BCUT2D eigenvalue weighted by molar-refractivity contribution is 0.694. The molecule has 0 saturated carbocycles. The molecule has 2 unspecified atom stereocenters. The second kappa shape index (κ2) is 4.84. The Morgan fingerprint density at radius 3 is 2.95 bits per heavy atom. The van der Waals surface area contributed by atoms with Crippen molar-refractivity contribution in [1.82, 2.24) is 14.9 Å². The van der Waals surface area contributed by atoms with Crippen LogP contribution in [0.1, 0.15) is 5.69 Å². The quantitative estimate of drug-likeness (QED) is 0.512. The van der Waals surface area contributed by atoms with Crippen LogP contribution in [0.5, 0.6) is 0 Å². The minimum Gasteiger partial charge on any atom is -0.383 e. The molecule has 3 rings (SSSR count). The Labute approximate surface area is 116 Å². The number of nitrogens with one attached hydrogen (secondary N) is 1. The van der Waals surface area contributed by atoms with Gasteiger partial charge in [0.1, 0.15) is 23.2 Å². The Morgan fingerprint density at radius 1 is 1.45 bits per heavy atom. The van der Waals surface area contributed by atoms with Gasteiger partial charge >= 0.3 is 0 Å². The van der Waals surface area contributed by atoms with Crippen molar-refractivity contribution in [2.75, 3.05) is 12.3 Å². The number of aryl methyl sites for hydroxylation is 1. The van der Waals surface area contributed by atoms with Crippen LogP contribution >= 0.6 is 0 Å². The third-order valence-electron chi connectivity index (χ3n) is 3.37. The third-order valence-corrected chi connectivity index (χ3v) is 3.37. The predicted molar refractivity (Wildman–Crippen MR) is 79.6 cm³/mol. The molecule has 0 aromatic carbocycles. The first kappa shape index (κ1) is 12.5. The maximum atomic E-state index is 5.92. The van der Waals surface area contributed by atoms with E-state index >= 15 is 0 Å². The van der Waals surface area contributed by atoms with E-state index < -0.39 is 0 Å². The van der Waals surface area contributed by atoms with E-state index in [4.69, 9.17) is 11.5 Å². The molecule has 1 aliphatic carbocycles. The van der Waals surface area contributed by atoms with Gasteiger partial charge in [-0.2, -0.15) is 0 Å². The average molecular weight is 271 g/mol. The van der Waals surface area contributed by atoms with E-state index in [0.717, 1.165) is 5.84 Å². The van der Waals surface area contributed by atoms with Gasteiger partial charge in [-0.05, 0) is 0 Å². The van der Waals surface area contributed by atoms with E-state index in [1.54, 1.807) is 10.9 Å². The van der Waals surface area contributed by atoms with Gasteiger partial charge < -0.3 is 21.4 Å². The van der Waals surface area contributed by atoms with Gasteiger partial charge in [-0.1, -0.05) is 24.3 Å². The first-order valence-corrected chi connectivity index (χ1v) is 6.40. The largest absolute Gasteiger partial charge is 0.383 e. The number of nitrogens with two attached hydrogens (primary N) is 2. The van der Waals surface area contributed by atoms with Crippen molar-refractivity contribution in [3.63, 3.8) is 0 Å². The number of anilines is 1. The van der Waals surface area contributed by atoms with Crippen LogP contribution < -0.4 is 16.8 Å². The number of allylic oxidation sites excluding steroid dienone is 2. The summed E-state index contributed by atoms with van der Waals surface area (Å²) >= 11 is 0. The highest BCUT2D eigenvalue weighted by molar-refractivity contribution is 6.01. The molecule has 0 fully saturated rings. The molecule has 0 bridgehead atoms. The lowest BCUT2D eigenvalue weighted by Crippen LogP contribution is -2.34. The number of fused-ring (bicyclic) bond motifs is 1. The van der Waals surface area contributed by atoms with Crippen LogP contribution in [0.15, 0.2) is 40.6 Å². The molecule has 2 heterocycles. The fraction of sp³-hybridized carbons (Fsp3) is 0.308. The summed E-state index contributed by atoms with van der Waals surface area (Å²) in [6, 6.07) is 0.387. The SMILES string of the molecule is Cn1cnc(C(N)=NCC2=NC3C=CC=CC3N2)c1N. The van der Waals surface area contributed by atoms with Gasteiger partial charge in [0.25, 0.3) is 0 Å². The summed E-state index contributed by atoms with van der Waals surface area (Å²) in [7, 11) is 1.81. The normalized spacial score (nSPS) is 24.4. The lowest BCUT2D eigenvalue weighted by atomic mass is 10.1. The zero-order chi connectivity index (χ0) is 14.1. The monoisotopic (exact) mass is 271 g/mol. The molecular weight excluding hydrogens is 254 g/mol. The van der Waals surface area contributed by atoms with Gasteiger partial charge in [0.05, 0.1) is 25.0 Å². The molecule has 20 heavy (non-hydrogen) atoms. The van der Waals surface area contributed by atoms with Gasteiger partial charge in [0, 0.05) is 7.05 Å².